The molecule has 0 bridgehead atoms. The fourth-order valence-corrected chi connectivity index (χ4v) is 3.01. The number of likely N-dealkylation sites (N-methyl/N-ethyl adjacent to an activating group) is 1. The van der Waals surface area contributed by atoms with Gasteiger partial charge in [-0.15, -0.1) is 0 Å². The van der Waals surface area contributed by atoms with Crippen LogP contribution in [0.2, 0.25) is 0 Å². The van der Waals surface area contributed by atoms with Gasteiger partial charge in [-0.3, -0.25) is 0 Å². The van der Waals surface area contributed by atoms with Gasteiger partial charge in [0, 0.05) is 19.0 Å². The van der Waals surface area contributed by atoms with Crippen molar-refractivity contribution in [1.29, 1.82) is 0 Å². The molecular formula is C20H24N2O5. The van der Waals surface area contributed by atoms with E-state index in [9.17, 15) is 0 Å². The van der Waals surface area contributed by atoms with Gasteiger partial charge in [-0.05, 0) is 31.2 Å². The molecule has 2 aromatic rings. The van der Waals surface area contributed by atoms with E-state index in [1.165, 1.54) is 5.56 Å². The number of likely N-dealkylation sites (tertiary alicyclic amines) is 1. The van der Waals surface area contributed by atoms with Crippen LogP contribution in [0.1, 0.15) is 17.9 Å². The van der Waals surface area contributed by atoms with Crippen LogP contribution in [0.5, 0.6) is 5.75 Å². The summed E-state index contributed by atoms with van der Waals surface area (Å²) in [6, 6.07) is 18.4. The lowest BCUT2D eigenvalue weighted by Gasteiger charge is -2.37. The number of nitrogens with zero attached hydrogens (tertiary/aromatic N) is 1. The summed E-state index contributed by atoms with van der Waals surface area (Å²) >= 11 is 0. The van der Waals surface area contributed by atoms with Crippen molar-refractivity contribution in [3.8, 4) is 5.75 Å². The summed E-state index contributed by atoms with van der Waals surface area (Å²) in [6.45, 7) is 2.07. The lowest BCUT2D eigenvalue weighted by Crippen LogP contribution is -2.42. The summed E-state index contributed by atoms with van der Waals surface area (Å²) in [7, 11) is 2.17. The number of aliphatic carboxylic acids is 2. The average molecular weight is 372 g/mol. The van der Waals surface area contributed by atoms with Crippen LogP contribution in [-0.4, -0.2) is 53.3 Å². The topological polar surface area (TPSA) is 113 Å². The Labute approximate surface area is 158 Å². The molecule has 2 aromatic carbocycles. The summed E-state index contributed by atoms with van der Waals surface area (Å²) in [5.41, 5.74) is 8.06. The van der Waals surface area contributed by atoms with Gasteiger partial charge < -0.3 is 25.6 Å². The molecular weight excluding hydrogens is 348 g/mol. The Morgan fingerprint density at radius 2 is 1.63 bits per heavy atom. The molecule has 7 nitrogen and oxygen atoms in total. The Morgan fingerprint density at radius 1 is 1.04 bits per heavy atom. The summed E-state index contributed by atoms with van der Waals surface area (Å²) in [5.74, 6) is -2.47. The highest BCUT2D eigenvalue weighted by Gasteiger charge is 2.30. The molecule has 1 aliphatic heterocycles. The quantitative estimate of drug-likeness (QED) is 0.559. The summed E-state index contributed by atoms with van der Waals surface area (Å²) in [6.07, 6.45) is 1.19. The monoisotopic (exact) mass is 372 g/mol. The molecule has 0 spiro atoms. The van der Waals surface area contributed by atoms with E-state index in [1.54, 1.807) is 0 Å². The number of nitrogen functional groups attached to an aromatic ring is 1. The third-order valence-electron chi connectivity index (χ3n) is 4.36. The minimum atomic E-state index is -1.82. The highest BCUT2D eigenvalue weighted by molar-refractivity contribution is 6.27. The molecule has 3 rings (SSSR count). The summed E-state index contributed by atoms with van der Waals surface area (Å²) < 4.78 is 6.25. The molecule has 0 aromatic heterocycles. The van der Waals surface area contributed by atoms with Crippen molar-refractivity contribution in [3.63, 3.8) is 0 Å². The smallest absolute Gasteiger partial charge is 0.414 e. The Balaban J connectivity index is 0.000000380. The fourth-order valence-electron chi connectivity index (χ4n) is 3.01. The first-order chi connectivity index (χ1) is 12.9. The lowest BCUT2D eigenvalue weighted by molar-refractivity contribution is -0.159. The molecule has 2 atom stereocenters. The van der Waals surface area contributed by atoms with E-state index in [-0.39, 0.29) is 6.10 Å². The van der Waals surface area contributed by atoms with Gasteiger partial charge in [0.25, 0.3) is 0 Å². The van der Waals surface area contributed by atoms with Crippen LogP contribution in [0.3, 0.4) is 0 Å². The van der Waals surface area contributed by atoms with Crippen LogP contribution < -0.4 is 10.5 Å². The van der Waals surface area contributed by atoms with Crippen LogP contribution in [0.4, 0.5) is 5.69 Å². The number of benzene rings is 2. The van der Waals surface area contributed by atoms with Crippen LogP contribution in [0.15, 0.2) is 54.6 Å². The van der Waals surface area contributed by atoms with Crippen molar-refractivity contribution in [2.24, 2.45) is 0 Å². The number of rotatable bonds is 3. The molecule has 0 amide bonds. The molecule has 144 valence electrons. The number of carbonyl (C=O) groups is 2. The molecule has 1 fully saturated rings. The minimum absolute atomic E-state index is 0.174. The van der Waals surface area contributed by atoms with Gasteiger partial charge in [0.1, 0.15) is 11.9 Å². The van der Waals surface area contributed by atoms with Crippen molar-refractivity contribution in [2.75, 3.05) is 25.9 Å². The zero-order valence-electron chi connectivity index (χ0n) is 15.1. The van der Waals surface area contributed by atoms with Crippen molar-refractivity contribution >= 4 is 17.6 Å². The maximum absolute atomic E-state index is 9.10. The molecule has 27 heavy (non-hydrogen) atoms. The number of hydrogen-bond acceptors (Lipinski definition) is 5. The van der Waals surface area contributed by atoms with Gasteiger partial charge >= 0.3 is 11.9 Å². The second-order valence-corrected chi connectivity index (χ2v) is 6.37. The van der Waals surface area contributed by atoms with Gasteiger partial charge in [0.05, 0.1) is 5.69 Å². The standard InChI is InChI=1S/C18H22N2O.C2H2O4/c1-20-12-11-17(21-18-10-6-5-9-16(18)19)15(13-20)14-7-3-2-4-8-14;3-1(4)2(5)6/h2-10,15,17H,11-13,19H2,1H3;(H,3,4)(H,5,6)/t15-,17+;/m1./s1. The normalized spacial score (nSPS) is 19.4. The summed E-state index contributed by atoms with van der Waals surface area (Å²) in [5, 5.41) is 14.8. The van der Waals surface area contributed by atoms with Crippen LogP contribution >= 0.6 is 0 Å². The number of piperidine rings is 1. The van der Waals surface area contributed by atoms with E-state index in [2.05, 4.69) is 42.3 Å². The SMILES string of the molecule is CN1CC[C@H](Oc2ccccc2N)[C@@H](c2ccccc2)C1.O=C(O)C(=O)O. The number of ether oxygens (including phenoxy) is 1. The number of carboxylic acid groups (broad SMARTS) is 2. The molecule has 0 unspecified atom stereocenters. The van der Waals surface area contributed by atoms with Crippen LogP contribution in [-0.2, 0) is 9.59 Å². The second kappa shape index (κ2) is 9.59. The minimum Gasteiger partial charge on any atom is -0.488 e. The summed E-state index contributed by atoms with van der Waals surface area (Å²) in [4.78, 5) is 20.6. The van der Waals surface area contributed by atoms with Crippen LogP contribution in [0, 0.1) is 0 Å². The third kappa shape index (κ3) is 6.00. The van der Waals surface area contributed by atoms with E-state index in [0.29, 0.717) is 11.6 Å². The Morgan fingerprint density at radius 3 is 2.22 bits per heavy atom. The number of anilines is 1. The zero-order chi connectivity index (χ0) is 19.8. The maximum Gasteiger partial charge on any atom is 0.414 e. The predicted octanol–water partition coefficient (Wildman–Crippen LogP) is 2.29. The first-order valence-electron chi connectivity index (χ1n) is 8.59. The third-order valence-corrected chi connectivity index (χ3v) is 4.36. The van der Waals surface area contributed by atoms with Gasteiger partial charge in [-0.25, -0.2) is 9.59 Å². The number of para-hydroxylation sites is 2. The van der Waals surface area contributed by atoms with E-state index in [4.69, 9.17) is 30.3 Å². The molecule has 0 aliphatic carbocycles. The molecule has 0 radical (unpaired) electrons. The zero-order valence-corrected chi connectivity index (χ0v) is 15.1. The molecule has 1 saturated heterocycles. The van der Waals surface area contributed by atoms with Gasteiger partial charge in [-0.2, -0.15) is 0 Å². The average Bonchev–Trinajstić information content (AvgIpc) is 2.66. The van der Waals surface area contributed by atoms with Gasteiger partial charge in [0.15, 0.2) is 0 Å². The largest absolute Gasteiger partial charge is 0.488 e. The molecule has 0 saturated carbocycles. The molecule has 4 N–H and O–H groups in total. The fraction of sp³-hybridized carbons (Fsp3) is 0.300. The van der Waals surface area contributed by atoms with Gasteiger partial charge in [-0.1, -0.05) is 42.5 Å². The van der Waals surface area contributed by atoms with Crippen LogP contribution in [0.25, 0.3) is 0 Å². The number of carboxylic acids is 2. The molecule has 1 heterocycles. The lowest BCUT2D eigenvalue weighted by atomic mass is 9.88. The van der Waals surface area contributed by atoms with E-state index in [0.717, 1.165) is 25.3 Å². The van der Waals surface area contributed by atoms with Crippen molar-refractivity contribution in [2.45, 2.75) is 18.4 Å². The predicted molar refractivity (Wildman–Crippen MR) is 102 cm³/mol. The number of hydrogen-bond donors (Lipinski definition) is 3. The van der Waals surface area contributed by atoms with Crippen molar-refractivity contribution in [3.05, 3.63) is 60.2 Å². The second-order valence-electron chi connectivity index (χ2n) is 6.37. The Hall–Kier alpha value is -3.06. The van der Waals surface area contributed by atoms with E-state index >= 15 is 0 Å². The van der Waals surface area contributed by atoms with Crippen molar-refractivity contribution in [1.82, 2.24) is 4.90 Å². The first-order valence-corrected chi connectivity index (χ1v) is 8.59. The Kier molecular flexibility index (Phi) is 7.19. The van der Waals surface area contributed by atoms with Crippen molar-refractivity contribution < 1.29 is 24.5 Å². The maximum atomic E-state index is 9.10. The van der Waals surface area contributed by atoms with E-state index in [1.807, 2.05) is 24.3 Å². The highest BCUT2D eigenvalue weighted by Crippen LogP contribution is 2.32. The molecule has 1 aliphatic rings. The number of nitrogens with two attached hydrogens (primary N) is 1. The van der Waals surface area contributed by atoms with Gasteiger partial charge in [0.2, 0.25) is 0 Å². The Bertz CT molecular complexity index is 754. The first kappa shape index (κ1) is 20.3. The molecule has 7 heteroatoms. The van der Waals surface area contributed by atoms with E-state index < -0.39 is 11.9 Å². The highest BCUT2D eigenvalue weighted by atomic mass is 16.5.